The number of hydrogen-bond acceptors (Lipinski definition) is 4. The summed E-state index contributed by atoms with van der Waals surface area (Å²) in [6, 6.07) is 16.5. The molecule has 3 rings (SSSR count). The lowest BCUT2D eigenvalue weighted by Crippen LogP contribution is -2.26. The predicted octanol–water partition coefficient (Wildman–Crippen LogP) is 3.70. The molecule has 0 saturated heterocycles. The molecule has 0 unspecified atom stereocenters. The topological polar surface area (TPSA) is 64.0 Å². The van der Waals surface area contributed by atoms with Gasteiger partial charge in [-0.1, -0.05) is 48.2 Å². The predicted molar refractivity (Wildman–Crippen MR) is 107 cm³/mol. The Kier molecular flexibility index (Phi) is 5.53. The van der Waals surface area contributed by atoms with Crippen molar-refractivity contribution in [2.45, 2.75) is 23.9 Å². The van der Waals surface area contributed by atoms with Crippen LogP contribution in [0, 0.1) is 0 Å². The van der Waals surface area contributed by atoms with E-state index >= 15 is 0 Å². The molecule has 1 atom stereocenters. The van der Waals surface area contributed by atoms with Crippen molar-refractivity contribution < 1.29 is 4.79 Å². The Morgan fingerprint density at radius 3 is 2.65 bits per heavy atom. The Hall–Kier alpha value is -2.86. The number of hydrogen-bond donors (Lipinski definition) is 1. The zero-order valence-corrected chi connectivity index (χ0v) is 15.2. The lowest BCUT2D eigenvalue weighted by molar-refractivity contribution is -0.115. The molecule has 0 aliphatic carbocycles. The van der Waals surface area contributed by atoms with Crippen LogP contribution in [0.4, 0.5) is 5.69 Å². The Bertz CT molecular complexity index is 999. The van der Waals surface area contributed by atoms with E-state index < -0.39 is 5.25 Å². The molecule has 132 valence electrons. The van der Waals surface area contributed by atoms with Crippen LogP contribution in [-0.4, -0.2) is 20.7 Å². The number of rotatable bonds is 6. The summed E-state index contributed by atoms with van der Waals surface area (Å²) in [7, 11) is 0. The van der Waals surface area contributed by atoms with Crippen molar-refractivity contribution in [3.05, 3.63) is 77.6 Å². The minimum Gasteiger partial charge on any atom is -0.325 e. The van der Waals surface area contributed by atoms with Crippen LogP contribution in [0.25, 0.3) is 10.9 Å². The molecular formula is C20H19N3O2S. The number of para-hydroxylation sites is 2. The van der Waals surface area contributed by atoms with Crippen molar-refractivity contribution >= 4 is 34.3 Å². The van der Waals surface area contributed by atoms with Gasteiger partial charge in [0.25, 0.3) is 5.56 Å². The van der Waals surface area contributed by atoms with Gasteiger partial charge in [-0.15, -0.1) is 6.58 Å². The first-order chi connectivity index (χ1) is 12.6. The van der Waals surface area contributed by atoms with E-state index in [1.165, 1.54) is 11.8 Å². The molecule has 1 amide bonds. The Balaban J connectivity index is 1.89. The first kappa shape index (κ1) is 17.9. The largest absolute Gasteiger partial charge is 0.325 e. The second-order valence-corrected chi connectivity index (χ2v) is 7.04. The quantitative estimate of drug-likeness (QED) is 0.411. The van der Waals surface area contributed by atoms with Gasteiger partial charge < -0.3 is 5.32 Å². The summed E-state index contributed by atoms with van der Waals surface area (Å²) < 4.78 is 1.55. The van der Waals surface area contributed by atoms with Crippen LogP contribution in [0.15, 0.2) is 77.2 Å². The average Bonchev–Trinajstić information content (AvgIpc) is 2.65. The molecule has 6 heteroatoms. The van der Waals surface area contributed by atoms with Gasteiger partial charge in [-0.3, -0.25) is 14.2 Å². The Morgan fingerprint density at radius 1 is 1.23 bits per heavy atom. The van der Waals surface area contributed by atoms with E-state index in [0.29, 0.717) is 22.6 Å². The molecule has 0 bridgehead atoms. The fourth-order valence-corrected chi connectivity index (χ4v) is 3.42. The first-order valence-electron chi connectivity index (χ1n) is 8.23. The number of benzene rings is 2. The van der Waals surface area contributed by atoms with Gasteiger partial charge >= 0.3 is 0 Å². The number of carbonyl (C=O) groups is 1. The molecular weight excluding hydrogens is 346 g/mol. The van der Waals surface area contributed by atoms with Gasteiger partial charge in [0, 0.05) is 12.2 Å². The zero-order chi connectivity index (χ0) is 18.5. The molecule has 26 heavy (non-hydrogen) atoms. The maximum absolute atomic E-state index is 12.7. The zero-order valence-electron chi connectivity index (χ0n) is 14.4. The highest BCUT2D eigenvalue weighted by molar-refractivity contribution is 8.00. The average molecular weight is 365 g/mol. The van der Waals surface area contributed by atoms with E-state index in [9.17, 15) is 9.59 Å². The number of nitrogens with one attached hydrogen (secondary N) is 1. The highest BCUT2D eigenvalue weighted by Gasteiger charge is 2.19. The van der Waals surface area contributed by atoms with Gasteiger partial charge in [0.15, 0.2) is 5.16 Å². The molecule has 0 fully saturated rings. The monoisotopic (exact) mass is 365 g/mol. The Labute approximate surface area is 155 Å². The summed E-state index contributed by atoms with van der Waals surface area (Å²) >= 11 is 1.26. The second-order valence-electron chi connectivity index (χ2n) is 5.73. The third kappa shape index (κ3) is 3.86. The van der Waals surface area contributed by atoms with E-state index in [-0.39, 0.29) is 11.5 Å². The van der Waals surface area contributed by atoms with Crippen LogP contribution in [0.2, 0.25) is 0 Å². The third-order valence-electron chi connectivity index (χ3n) is 3.83. The molecule has 0 radical (unpaired) electrons. The number of amides is 1. The van der Waals surface area contributed by atoms with E-state index in [4.69, 9.17) is 0 Å². The summed E-state index contributed by atoms with van der Waals surface area (Å²) in [6.45, 7) is 5.85. The maximum Gasteiger partial charge on any atom is 0.262 e. The van der Waals surface area contributed by atoms with Gasteiger partial charge in [-0.2, -0.15) is 0 Å². The van der Waals surface area contributed by atoms with Crippen molar-refractivity contribution in [1.82, 2.24) is 9.55 Å². The fourth-order valence-electron chi connectivity index (χ4n) is 2.50. The maximum atomic E-state index is 12.7. The highest BCUT2D eigenvalue weighted by Crippen LogP contribution is 2.23. The molecule has 0 aliphatic rings. The van der Waals surface area contributed by atoms with Crippen LogP contribution in [0.1, 0.15) is 6.92 Å². The van der Waals surface area contributed by atoms with E-state index in [1.54, 1.807) is 29.7 Å². The van der Waals surface area contributed by atoms with E-state index in [2.05, 4.69) is 16.9 Å². The summed E-state index contributed by atoms with van der Waals surface area (Å²) in [5.74, 6) is -0.145. The molecule has 3 aromatic rings. The highest BCUT2D eigenvalue weighted by atomic mass is 32.2. The summed E-state index contributed by atoms with van der Waals surface area (Å²) in [5, 5.41) is 3.51. The summed E-state index contributed by atoms with van der Waals surface area (Å²) in [4.78, 5) is 29.8. The molecule has 2 aromatic carbocycles. The minimum atomic E-state index is -0.417. The number of allylic oxidation sites excluding steroid dienone is 1. The molecule has 0 aliphatic heterocycles. The number of anilines is 1. The van der Waals surface area contributed by atoms with Crippen LogP contribution in [0.5, 0.6) is 0 Å². The third-order valence-corrected chi connectivity index (χ3v) is 4.92. The SMILES string of the molecule is C=CCn1c(S[C@@H](C)C(=O)Nc2ccccc2)nc2ccccc2c1=O. The summed E-state index contributed by atoms with van der Waals surface area (Å²) in [5.41, 5.74) is 1.23. The Morgan fingerprint density at radius 2 is 1.92 bits per heavy atom. The van der Waals surface area contributed by atoms with Crippen molar-refractivity contribution in [2.75, 3.05) is 5.32 Å². The number of carbonyl (C=O) groups excluding carboxylic acids is 1. The van der Waals surface area contributed by atoms with Gasteiger partial charge in [0.2, 0.25) is 5.91 Å². The van der Waals surface area contributed by atoms with Crippen molar-refractivity contribution in [2.24, 2.45) is 0 Å². The fraction of sp³-hybridized carbons (Fsp3) is 0.150. The summed E-state index contributed by atoms with van der Waals surface area (Å²) in [6.07, 6.45) is 1.65. The molecule has 1 aromatic heterocycles. The normalized spacial score (nSPS) is 11.9. The lowest BCUT2D eigenvalue weighted by Gasteiger charge is -2.15. The number of fused-ring (bicyclic) bond motifs is 1. The van der Waals surface area contributed by atoms with Crippen LogP contribution in [0.3, 0.4) is 0 Å². The molecule has 1 heterocycles. The molecule has 0 saturated carbocycles. The number of thioether (sulfide) groups is 1. The van der Waals surface area contributed by atoms with Gasteiger partial charge in [-0.25, -0.2) is 4.98 Å². The molecule has 5 nitrogen and oxygen atoms in total. The number of aromatic nitrogens is 2. The second kappa shape index (κ2) is 8.01. The van der Waals surface area contributed by atoms with Crippen LogP contribution in [-0.2, 0) is 11.3 Å². The van der Waals surface area contributed by atoms with E-state index in [0.717, 1.165) is 5.69 Å². The van der Waals surface area contributed by atoms with Gasteiger partial charge in [-0.05, 0) is 31.2 Å². The van der Waals surface area contributed by atoms with Crippen molar-refractivity contribution in [3.63, 3.8) is 0 Å². The van der Waals surface area contributed by atoms with Gasteiger partial charge in [0.05, 0.1) is 16.2 Å². The van der Waals surface area contributed by atoms with Crippen LogP contribution >= 0.6 is 11.8 Å². The van der Waals surface area contributed by atoms with Gasteiger partial charge in [0.1, 0.15) is 0 Å². The lowest BCUT2D eigenvalue weighted by atomic mass is 10.2. The number of nitrogens with zero attached hydrogens (tertiary/aromatic N) is 2. The smallest absolute Gasteiger partial charge is 0.262 e. The minimum absolute atomic E-state index is 0.131. The van der Waals surface area contributed by atoms with Crippen molar-refractivity contribution in [3.8, 4) is 0 Å². The van der Waals surface area contributed by atoms with E-state index in [1.807, 2.05) is 42.5 Å². The molecule has 1 N–H and O–H groups in total. The molecule has 0 spiro atoms. The van der Waals surface area contributed by atoms with Crippen LogP contribution < -0.4 is 10.9 Å². The standard InChI is InChI=1S/C20H19N3O2S/c1-3-13-23-19(25)16-11-7-8-12-17(16)22-20(23)26-14(2)18(24)21-15-9-5-4-6-10-15/h3-12,14H,1,13H2,2H3,(H,21,24)/t14-/m0/s1. The van der Waals surface area contributed by atoms with Crippen molar-refractivity contribution in [1.29, 1.82) is 0 Å². The first-order valence-corrected chi connectivity index (χ1v) is 9.11.